The van der Waals surface area contributed by atoms with E-state index < -0.39 is 5.25 Å². The van der Waals surface area contributed by atoms with Gasteiger partial charge in [-0.05, 0) is 54.1 Å². The van der Waals surface area contributed by atoms with Crippen LogP contribution in [-0.4, -0.2) is 16.9 Å². The minimum absolute atomic E-state index is 0.158. The molecule has 0 saturated heterocycles. The maximum atomic E-state index is 13.1. The van der Waals surface area contributed by atoms with Gasteiger partial charge in [-0.3, -0.25) is 4.79 Å². The number of anilines is 3. The highest BCUT2D eigenvalue weighted by Crippen LogP contribution is 2.36. The maximum Gasteiger partial charge on any atom is 0.323 e. The number of thioether (sulfide) groups is 1. The van der Waals surface area contributed by atoms with Gasteiger partial charge in [0.1, 0.15) is 11.1 Å². The number of carbonyl (C=O) groups is 2. The molecule has 3 amide bonds. The summed E-state index contributed by atoms with van der Waals surface area (Å²) in [7, 11) is 0. The van der Waals surface area contributed by atoms with Gasteiger partial charge in [0.2, 0.25) is 5.91 Å². The average Bonchev–Trinajstić information content (AvgIpc) is 2.85. The van der Waals surface area contributed by atoms with E-state index in [1.807, 2.05) is 91.0 Å². The van der Waals surface area contributed by atoms with Gasteiger partial charge in [-0.1, -0.05) is 54.6 Å². The summed E-state index contributed by atoms with van der Waals surface area (Å²) in [5.41, 5.74) is 2.26. The molecule has 4 rings (SSSR count). The number of nitrogens with zero attached hydrogens (tertiary/aromatic N) is 1. The highest BCUT2D eigenvalue weighted by atomic mass is 32.2. The summed E-state index contributed by atoms with van der Waals surface area (Å²) in [6, 6.07) is 31.3. The van der Waals surface area contributed by atoms with Gasteiger partial charge in [-0.15, -0.1) is 11.8 Å². The highest BCUT2D eigenvalue weighted by molar-refractivity contribution is 8.00. The second kappa shape index (κ2) is 11.0. The number of hydrogen-bond acceptors (Lipinski definition) is 4. The van der Waals surface area contributed by atoms with Crippen molar-refractivity contribution in [3.63, 3.8) is 0 Å². The summed E-state index contributed by atoms with van der Waals surface area (Å²) >= 11 is 1.43. The van der Waals surface area contributed by atoms with E-state index >= 15 is 0 Å². The van der Waals surface area contributed by atoms with E-state index in [1.54, 1.807) is 18.3 Å². The number of nitrogens with one attached hydrogen (secondary N) is 3. The third kappa shape index (κ3) is 6.44. The molecule has 1 heterocycles. The third-order valence-electron chi connectivity index (χ3n) is 4.65. The quantitative estimate of drug-likeness (QED) is 0.290. The number of hydrogen-bond donors (Lipinski definition) is 3. The molecule has 4 aromatic rings. The standard InChI is InChI=1S/C26H22N4O2S/c31-25(30-23-13-7-8-18-27-23)24(19-9-3-1-4-10-19)33-22-16-14-21(15-17-22)29-26(32)28-20-11-5-2-6-12-20/h1-18,24H,(H,27,30,31)(H2,28,29,32). The Morgan fingerprint density at radius 3 is 1.91 bits per heavy atom. The Morgan fingerprint density at radius 2 is 1.27 bits per heavy atom. The van der Waals surface area contributed by atoms with Gasteiger partial charge in [0, 0.05) is 22.5 Å². The van der Waals surface area contributed by atoms with E-state index in [-0.39, 0.29) is 11.9 Å². The normalized spacial score (nSPS) is 11.3. The molecule has 0 fully saturated rings. The van der Waals surface area contributed by atoms with Crippen LogP contribution in [0.5, 0.6) is 0 Å². The van der Waals surface area contributed by atoms with Gasteiger partial charge in [-0.2, -0.15) is 0 Å². The van der Waals surface area contributed by atoms with Gasteiger partial charge in [0.25, 0.3) is 0 Å². The fourth-order valence-corrected chi connectivity index (χ4v) is 4.12. The van der Waals surface area contributed by atoms with Gasteiger partial charge in [-0.25, -0.2) is 9.78 Å². The Kier molecular flexibility index (Phi) is 7.35. The molecule has 1 unspecified atom stereocenters. The number of rotatable bonds is 7. The number of carbonyl (C=O) groups excluding carboxylic acids is 2. The predicted octanol–water partition coefficient (Wildman–Crippen LogP) is 6.20. The second-order valence-electron chi connectivity index (χ2n) is 7.08. The minimum atomic E-state index is -0.464. The Bertz CT molecular complexity index is 1190. The predicted molar refractivity (Wildman–Crippen MR) is 133 cm³/mol. The topological polar surface area (TPSA) is 83.1 Å². The Hall–Kier alpha value is -4.10. The van der Waals surface area contributed by atoms with Crippen LogP contribution >= 0.6 is 11.8 Å². The van der Waals surface area contributed by atoms with Crippen LogP contribution in [0.3, 0.4) is 0 Å². The summed E-state index contributed by atoms with van der Waals surface area (Å²) in [6.45, 7) is 0. The molecule has 6 nitrogen and oxygen atoms in total. The van der Waals surface area contributed by atoms with Gasteiger partial charge in [0.15, 0.2) is 0 Å². The van der Waals surface area contributed by atoms with E-state index in [2.05, 4.69) is 20.9 Å². The van der Waals surface area contributed by atoms with Crippen LogP contribution in [0.25, 0.3) is 0 Å². The molecular weight excluding hydrogens is 432 g/mol. The van der Waals surface area contributed by atoms with Gasteiger partial charge < -0.3 is 16.0 Å². The van der Waals surface area contributed by atoms with E-state index in [0.717, 1.165) is 10.5 Å². The molecule has 3 aromatic carbocycles. The first-order valence-electron chi connectivity index (χ1n) is 10.3. The van der Waals surface area contributed by atoms with Crippen LogP contribution in [0.4, 0.5) is 22.0 Å². The molecule has 0 saturated carbocycles. The lowest BCUT2D eigenvalue weighted by Crippen LogP contribution is -2.20. The zero-order chi connectivity index (χ0) is 22.9. The second-order valence-corrected chi connectivity index (χ2v) is 8.26. The molecule has 0 bridgehead atoms. The van der Waals surface area contributed by atoms with Gasteiger partial charge >= 0.3 is 6.03 Å². The Morgan fingerprint density at radius 1 is 0.667 bits per heavy atom. The van der Waals surface area contributed by atoms with Crippen molar-refractivity contribution < 1.29 is 9.59 Å². The molecule has 3 N–H and O–H groups in total. The van der Waals surface area contributed by atoms with Crippen molar-refractivity contribution in [2.75, 3.05) is 16.0 Å². The Balaban J connectivity index is 1.43. The van der Waals surface area contributed by atoms with E-state index in [1.165, 1.54) is 11.8 Å². The highest BCUT2D eigenvalue weighted by Gasteiger charge is 2.22. The summed E-state index contributed by atoms with van der Waals surface area (Å²) in [4.78, 5) is 30.4. The number of para-hydroxylation sites is 1. The fourth-order valence-electron chi connectivity index (χ4n) is 3.10. The SMILES string of the molecule is O=C(Nc1ccccc1)Nc1ccc(SC(C(=O)Nc2ccccn2)c2ccccc2)cc1. The van der Waals surface area contributed by atoms with Crippen molar-refractivity contribution in [2.45, 2.75) is 10.1 Å². The number of pyridine rings is 1. The lowest BCUT2D eigenvalue weighted by atomic mass is 10.1. The molecule has 0 spiro atoms. The summed E-state index contributed by atoms with van der Waals surface area (Å²) in [6.07, 6.45) is 1.64. The zero-order valence-corrected chi connectivity index (χ0v) is 18.5. The van der Waals surface area contributed by atoms with E-state index in [0.29, 0.717) is 17.2 Å². The smallest absolute Gasteiger partial charge is 0.309 e. The van der Waals surface area contributed by atoms with E-state index in [4.69, 9.17) is 0 Å². The lowest BCUT2D eigenvalue weighted by molar-refractivity contribution is -0.115. The van der Waals surface area contributed by atoms with E-state index in [9.17, 15) is 9.59 Å². The summed E-state index contributed by atoms with van der Waals surface area (Å²) < 4.78 is 0. The molecule has 1 atom stereocenters. The van der Waals surface area contributed by atoms with Gasteiger partial charge in [0.05, 0.1) is 0 Å². The van der Waals surface area contributed by atoms with Crippen LogP contribution in [0, 0.1) is 0 Å². The molecule has 0 radical (unpaired) electrons. The lowest BCUT2D eigenvalue weighted by Gasteiger charge is -2.17. The van der Waals surface area contributed by atoms with Crippen molar-refractivity contribution >= 4 is 40.9 Å². The number of aromatic nitrogens is 1. The average molecular weight is 455 g/mol. The van der Waals surface area contributed by atoms with Crippen LogP contribution < -0.4 is 16.0 Å². The fraction of sp³-hybridized carbons (Fsp3) is 0.0385. The molecule has 33 heavy (non-hydrogen) atoms. The first-order valence-corrected chi connectivity index (χ1v) is 11.2. The first-order chi connectivity index (χ1) is 16.2. The molecule has 0 aliphatic rings. The molecule has 1 aromatic heterocycles. The summed E-state index contributed by atoms with van der Waals surface area (Å²) in [5.74, 6) is 0.349. The van der Waals surface area contributed by atoms with Crippen molar-refractivity contribution in [3.8, 4) is 0 Å². The number of benzene rings is 3. The van der Waals surface area contributed by atoms with Crippen LogP contribution in [0.2, 0.25) is 0 Å². The zero-order valence-electron chi connectivity index (χ0n) is 17.6. The van der Waals surface area contributed by atoms with Crippen LogP contribution in [-0.2, 0) is 4.79 Å². The van der Waals surface area contributed by atoms with Crippen LogP contribution in [0.15, 0.2) is 114 Å². The third-order valence-corrected chi connectivity index (χ3v) is 5.92. The number of urea groups is 1. The molecule has 0 aliphatic carbocycles. The largest absolute Gasteiger partial charge is 0.323 e. The molecule has 0 aliphatic heterocycles. The van der Waals surface area contributed by atoms with Crippen molar-refractivity contribution in [2.24, 2.45) is 0 Å². The van der Waals surface area contributed by atoms with Crippen molar-refractivity contribution in [3.05, 3.63) is 115 Å². The monoisotopic (exact) mass is 454 g/mol. The molecular formula is C26H22N4O2S. The first kappa shape index (κ1) is 22.1. The summed E-state index contributed by atoms with van der Waals surface area (Å²) in [5, 5.41) is 8.01. The molecule has 7 heteroatoms. The maximum absolute atomic E-state index is 13.1. The minimum Gasteiger partial charge on any atom is -0.309 e. The van der Waals surface area contributed by atoms with Crippen molar-refractivity contribution in [1.29, 1.82) is 0 Å². The molecule has 164 valence electrons. The van der Waals surface area contributed by atoms with Crippen LogP contribution in [0.1, 0.15) is 10.8 Å². The Labute approximate surface area is 196 Å². The van der Waals surface area contributed by atoms with Crippen molar-refractivity contribution in [1.82, 2.24) is 4.98 Å². The number of amides is 3.